The third kappa shape index (κ3) is 2.84. The van der Waals surface area contributed by atoms with Crippen LogP contribution in [0.2, 0.25) is 0 Å². The lowest BCUT2D eigenvalue weighted by Gasteiger charge is -2.17. The standard InChI is InChI=1S/C16H22N2O2/c1-4-5-6-9-18-14-8-7-11(2)10-13(14)15(16(18)20)17-12(3)19/h7-8,10,15H,4-6,9H2,1-3H3,(H,17,19)/t15-/m0/s1. The van der Waals surface area contributed by atoms with Gasteiger partial charge in [-0.2, -0.15) is 0 Å². The first-order valence-electron chi connectivity index (χ1n) is 7.23. The molecule has 0 unspecified atom stereocenters. The molecular formula is C16H22N2O2. The molecule has 0 bridgehead atoms. The molecular weight excluding hydrogens is 252 g/mol. The Morgan fingerprint density at radius 1 is 1.35 bits per heavy atom. The number of carbonyl (C=O) groups excluding carboxylic acids is 2. The van der Waals surface area contributed by atoms with E-state index in [-0.39, 0.29) is 11.8 Å². The van der Waals surface area contributed by atoms with Gasteiger partial charge in [0, 0.05) is 24.7 Å². The van der Waals surface area contributed by atoms with Crippen molar-refractivity contribution in [3.63, 3.8) is 0 Å². The number of carbonyl (C=O) groups is 2. The quantitative estimate of drug-likeness (QED) is 0.839. The number of fused-ring (bicyclic) bond motifs is 1. The van der Waals surface area contributed by atoms with Crippen LogP contribution >= 0.6 is 0 Å². The lowest BCUT2D eigenvalue weighted by Crippen LogP contribution is -2.37. The molecule has 1 N–H and O–H groups in total. The number of nitrogens with one attached hydrogen (secondary N) is 1. The molecule has 0 aliphatic carbocycles. The summed E-state index contributed by atoms with van der Waals surface area (Å²) in [6.07, 6.45) is 3.22. The zero-order chi connectivity index (χ0) is 14.7. The summed E-state index contributed by atoms with van der Waals surface area (Å²) in [5.74, 6) is -0.192. The summed E-state index contributed by atoms with van der Waals surface area (Å²) in [5, 5.41) is 2.77. The number of hydrogen-bond donors (Lipinski definition) is 1. The Morgan fingerprint density at radius 3 is 2.75 bits per heavy atom. The van der Waals surface area contributed by atoms with Crippen molar-refractivity contribution in [1.82, 2.24) is 5.32 Å². The highest BCUT2D eigenvalue weighted by molar-refractivity contribution is 6.06. The number of unbranched alkanes of at least 4 members (excludes halogenated alkanes) is 2. The molecule has 1 aliphatic rings. The Morgan fingerprint density at radius 2 is 2.10 bits per heavy atom. The summed E-state index contributed by atoms with van der Waals surface area (Å²) >= 11 is 0. The second-order valence-corrected chi connectivity index (χ2v) is 5.39. The summed E-state index contributed by atoms with van der Waals surface area (Å²) in [5.41, 5.74) is 2.96. The molecule has 108 valence electrons. The van der Waals surface area contributed by atoms with Crippen LogP contribution in [0.15, 0.2) is 18.2 Å². The lowest BCUT2D eigenvalue weighted by molar-refractivity contribution is -0.126. The van der Waals surface area contributed by atoms with E-state index in [0.717, 1.165) is 42.6 Å². The monoisotopic (exact) mass is 274 g/mol. The van der Waals surface area contributed by atoms with Gasteiger partial charge in [-0.1, -0.05) is 37.5 Å². The lowest BCUT2D eigenvalue weighted by atomic mass is 10.1. The Bertz CT molecular complexity index is 525. The summed E-state index contributed by atoms with van der Waals surface area (Å²) < 4.78 is 0. The van der Waals surface area contributed by atoms with Gasteiger partial charge in [0.2, 0.25) is 5.91 Å². The first-order valence-corrected chi connectivity index (χ1v) is 7.23. The summed E-state index contributed by atoms with van der Waals surface area (Å²) in [4.78, 5) is 25.7. The van der Waals surface area contributed by atoms with Crippen molar-refractivity contribution in [1.29, 1.82) is 0 Å². The molecule has 2 amide bonds. The minimum absolute atomic E-state index is 0.0168. The maximum absolute atomic E-state index is 12.5. The molecule has 0 radical (unpaired) electrons. The van der Waals surface area contributed by atoms with E-state index in [1.54, 1.807) is 0 Å². The molecule has 4 heteroatoms. The van der Waals surface area contributed by atoms with Crippen LogP contribution in [-0.2, 0) is 9.59 Å². The van der Waals surface area contributed by atoms with Crippen LogP contribution in [0, 0.1) is 6.92 Å². The normalized spacial score (nSPS) is 17.2. The fraction of sp³-hybridized carbons (Fsp3) is 0.500. The topological polar surface area (TPSA) is 49.4 Å². The molecule has 1 heterocycles. The van der Waals surface area contributed by atoms with Crippen molar-refractivity contribution >= 4 is 17.5 Å². The predicted octanol–water partition coefficient (Wildman–Crippen LogP) is 2.71. The van der Waals surface area contributed by atoms with Crippen LogP contribution in [0.25, 0.3) is 0 Å². The van der Waals surface area contributed by atoms with E-state index >= 15 is 0 Å². The average molecular weight is 274 g/mol. The van der Waals surface area contributed by atoms with Gasteiger partial charge in [-0.3, -0.25) is 9.59 Å². The van der Waals surface area contributed by atoms with E-state index in [9.17, 15) is 9.59 Å². The zero-order valence-electron chi connectivity index (χ0n) is 12.4. The number of anilines is 1. The van der Waals surface area contributed by atoms with Crippen LogP contribution in [0.5, 0.6) is 0 Å². The number of hydrogen-bond acceptors (Lipinski definition) is 2. The molecule has 1 aromatic rings. The highest BCUT2D eigenvalue weighted by Gasteiger charge is 2.37. The molecule has 20 heavy (non-hydrogen) atoms. The fourth-order valence-electron chi connectivity index (χ4n) is 2.65. The Kier molecular flexibility index (Phi) is 4.42. The van der Waals surface area contributed by atoms with Crippen molar-refractivity contribution in [3.05, 3.63) is 29.3 Å². The Balaban J connectivity index is 2.28. The molecule has 0 spiro atoms. The van der Waals surface area contributed by atoms with Crippen LogP contribution in [0.3, 0.4) is 0 Å². The van der Waals surface area contributed by atoms with Crippen molar-refractivity contribution in [3.8, 4) is 0 Å². The van der Waals surface area contributed by atoms with Gasteiger partial charge in [-0.15, -0.1) is 0 Å². The third-order valence-corrected chi connectivity index (χ3v) is 3.63. The predicted molar refractivity (Wildman–Crippen MR) is 79.6 cm³/mol. The first kappa shape index (κ1) is 14.6. The van der Waals surface area contributed by atoms with Gasteiger partial charge in [-0.25, -0.2) is 0 Å². The molecule has 0 saturated heterocycles. The van der Waals surface area contributed by atoms with Gasteiger partial charge >= 0.3 is 0 Å². The van der Waals surface area contributed by atoms with Gasteiger partial charge in [0.05, 0.1) is 0 Å². The number of rotatable bonds is 5. The van der Waals surface area contributed by atoms with E-state index in [0.29, 0.717) is 0 Å². The van der Waals surface area contributed by atoms with Gasteiger partial charge < -0.3 is 10.2 Å². The van der Waals surface area contributed by atoms with Crippen LogP contribution in [0.4, 0.5) is 5.69 Å². The molecule has 1 atom stereocenters. The van der Waals surface area contributed by atoms with Crippen LogP contribution in [0.1, 0.15) is 50.3 Å². The van der Waals surface area contributed by atoms with Crippen molar-refractivity contribution < 1.29 is 9.59 Å². The molecule has 0 fully saturated rings. The van der Waals surface area contributed by atoms with Gasteiger partial charge in [0.1, 0.15) is 6.04 Å². The summed E-state index contributed by atoms with van der Waals surface area (Å²) in [7, 11) is 0. The molecule has 0 saturated carbocycles. The molecule has 1 aromatic carbocycles. The van der Waals surface area contributed by atoms with Gasteiger partial charge in [-0.05, 0) is 19.4 Å². The summed E-state index contributed by atoms with van der Waals surface area (Å²) in [6, 6.07) is 5.46. The largest absolute Gasteiger partial charge is 0.341 e. The number of benzene rings is 1. The smallest absolute Gasteiger partial charge is 0.254 e. The Hall–Kier alpha value is -1.84. The molecule has 4 nitrogen and oxygen atoms in total. The molecule has 2 rings (SSSR count). The van der Waals surface area contributed by atoms with Crippen LogP contribution in [-0.4, -0.2) is 18.4 Å². The maximum atomic E-state index is 12.5. The van der Waals surface area contributed by atoms with E-state index in [4.69, 9.17) is 0 Å². The van der Waals surface area contributed by atoms with Crippen LogP contribution < -0.4 is 10.2 Å². The maximum Gasteiger partial charge on any atom is 0.254 e. The SMILES string of the molecule is CCCCCN1C(=O)[C@@H](NC(C)=O)c2cc(C)ccc21. The van der Waals surface area contributed by atoms with E-state index in [1.807, 2.05) is 30.0 Å². The van der Waals surface area contributed by atoms with Crippen molar-refractivity contribution in [2.24, 2.45) is 0 Å². The number of nitrogens with zero attached hydrogens (tertiary/aromatic N) is 1. The van der Waals surface area contributed by atoms with E-state index in [2.05, 4.69) is 12.2 Å². The Labute approximate surface area is 120 Å². The summed E-state index contributed by atoms with van der Waals surface area (Å²) in [6.45, 7) is 6.31. The molecule has 1 aliphatic heterocycles. The molecule has 0 aromatic heterocycles. The number of amides is 2. The van der Waals surface area contributed by atoms with Crippen molar-refractivity contribution in [2.45, 2.75) is 46.1 Å². The second-order valence-electron chi connectivity index (χ2n) is 5.39. The van der Waals surface area contributed by atoms with E-state index < -0.39 is 6.04 Å². The third-order valence-electron chi connectivity index (χ3n) is 3.63. The average Bonchev–Trinajstić information content (AvgIpc) is 2.63. The van der Waals surface area contributed by atoms with E-state index in [1.165, 1.54) is 6.92 Å². The van der Waals surface area contributed by atoms with Crippen molar-refractivity contribution in [2.75, 3.05) is 11.4 Å². The highest BCUT2D eigenvalue weighted by Crippen LogP contribution is 2.36. The zero-order valence-corrected chi connectivity index (χ0v) is 12.4. The second kappa shape index (κ2) is 6.07. The highest BCUT2D eigenvalue weighted by atomic mass is 16.2. The van der Waals surface area contributed by atoms with Gasteiger partial charge in [0.25, 0.3) is 5.91 Å². The minimum Gasteiger partial charge on any atom is -0.341 e. The fourth-order valence-corrected chi connectivity index (χ4v) is 2.65. The minimum atomic E-state index is -0.524. The number of aryl methyl sites for hydroxylation is 1. The van der Waals surface area contributed by atoms with Gasteiger partial charge in [0.15, 0.2) is 0 Å². The first-order chi connectivity index (χ1) is 9.54.